The van der Waals surface area contributed by atoms with Crippen molar-refractivity contribution >= 4 is 16.6 Å². The SMILES string of the molecule is CCCc1ccc(-n2c(N)cc3ccccc3c2=O)cc1. The maximum Gasteiger partial charge on any atom is 0.264 e. The molecule has 3 rings (SSSR count). The average Bonchev–Trinajstić information content (AvgIpc) is 2.49. The molecule has 0 spiro atoms. The monoisotopic (exact) mass is 278 g/mol. The number of nitrogens with zero attached hydrogens (tertiary/aromatic N) is 1. The Labute approximate surface area is 123 Å². The summed E-state index contributed by atoms with van der Waals surface area (Å²) < 4.78 is 1.57. The molecule has 0 saturated carbocycles. The quantitative estimate of drug-likeness (QED) is 0.796. The number of nitrogens with two attached hydrogens (primary N) is 1. The largest absolute Gasteiger partial charge is 0.385 e. The minimum atomic E-state index is -0.0751. The average molecular weight is 278 g/mol. The minimum Gasteiger partial charge on any atom is -0.385 e. The Balaban J connectivity index is 2.18. The number of aromatic nitrogens is 1. The molecule has 0 unspecified atom stereocenters. The lowest BCUT2D eigenvalue weighted by molar-refractivity contribution is 0.919. The Morgan fingerprint density at radius 3 is 2.48 bits per heavy atom. The summed E-state index contributed by atoms with van der Waals surface area (Å²) in [6, 6.07) is 17.4. The molecule has 3 aromatic rings. The summed E-state index contributed by atoms with van der Waals surface area (Å²) >= 11 is 0. The van der Waals surface area contributed by atoms with Gasteiger partial charge in [0.1, 0.15) is 5.82 Å². The maximum atomic E-state index is 12.6. The number of pyridine rings is 1. The van der Waals surface area contributed by atoms with Crippen LogP contribution in [0.2, 0.25) is 0 Å². The molecule has 3 heteroatoms. The Hall–Kier alpha value is -2.55. The molecule has 0 amide bonds. The second-order valence-corrected chi connectivity index (χ2v) is 5.21. The summed E-state index contributed by atoms with van der Waals surface area (Å²) in [7, 11) is 0. The number of benzene rings is 2. The predicted molar refractivity (Wildman–Crippen MR) is 88.0 cm³/mol. The van der Waals surface area contributed by atoms with Gasteiger partial charge in [0.2, 0.25) is 0 Å². The predicted octanol–water partition coefficient (Wildman–Crippen LogP) is 3.53. The van der Waals surface area contributed by atoms with Crippen molar-refractivity contribution in [2.24, 2.45) is 0 Å². The summed E-state index contributed by atoms with van der Waals surface area (Å²) in [5, 5.41) is 1.56. The Morgan fingerprint density at radius 1 is 1.05 bits per heavy atom. The number of hydrogen-bond donors (Lipinski definition) is 1. The maximum absolute atomic E-state index is 12.6. The van der Waals surface area contributed by atoms with Gasteiger partial charge in [0.05, 0.1) is 5.69 Å². The minimum absolute atomic E-state index is 0.0751. The third kappa shape index (κ3) is 2.42. The normalized spacial score (nSPS) is 10.9. The number of nitrogen functional groups attached to an aromatic ring is 1. The lowest BCUT2D eigenvalue weighted by Crippen LogP contribution is -2.21. The first-order chi connectivity index (χ1) is 10.2. The number of aryl methyl sites for hydroxylation is 1. The van der Waals surface area contributed by atoms with Crippen LogP contribution in [0.4, 0.5) is 5.82 Å². The van der Waals surface area contributed by atoms with Gasteiger partial charge in [-0.15, -0.1) is 0 Å². The number of hydrogen-bond acceptors (Lipinski definition) is 2. The first-order valence-corrected chi connectivity index (χ1v) is 7.20. The zero-order valence-corrected chi connectivity index (χ0v) is 12.0. The van der Waals surface area contributed by atoms with Gasteiger partial charge in [-0.3, -0.25) is 9.36 Å². The third-order valence-corrected chi connectivity index (χ3v) is 3.69. The molecule has 106 valence electrons. The standard InChI is InChI=1S/C18H18N2O/c1-2-5-13-8-10-15(11-9-13)20-17(19)12-14-6-3-4-7-16(14)18(20)21/h3-4,6-12H,2,5,19H2,1H3. The van der Waals surface area contributed by atoms with E-state index in [-0.39, 0.29) is 5.56 Å². The van der Waals surface area contributed by atoms with Gasteiger partial charge in [-0.1, -0.05) is 43.7 Å². The first-order valence-electron chi connectivity index (χ1n) is 7.20. The van der Waals surface area contributed by atoms with Crippen LogP contribution in [0.5, 0.6) is 0 Å². The van der Waals surface area contributed by atoms with Crippen molar-refractivity contribution in [1.82, 2.24) is 4.57 Å². The fraction of sp³-hybridized carbons (Fsp3) is 0.167. The van der Waals surface area contributed by atoms with Gasteiger partial charge in [0.25, 0.3) is 5.56 Å². The molecule has 0 radical (unpaired) electrons. The lowest BCUT2D eigenvalue weighted by atomic mass is 10.1. The van der Waals surface area contributed by atoms with Crippen LogP contribution in [-0.2, 0) is 6.42 Å². The second kappa shape index (κ2) is 5.44. The molecular formula is C18H18N2O. The van der Waals surface area contributed by atoms with Crippen molar-refractivity contribution in [3.05, 3.63) is 70.5 Å². The van der Waals surface area contributed by atoms with E-state index in [1.54, 1.807) is 4.57 Å². The van der Waals surface area contributed by atoms with Crippen molar-refractivity contribution < 1.29 is 0 Å². The van der Waals surface area contributed by atoms with E-state index in [1.807, 2.05) is 42.5 Å². The van der Waals surface area contributed by atoms with Crippen LogP contribution in [0.25, 0.3) is 16.5 Å². The molecule has 0 bridgehead atoms. The summed E-state index contributed by atoms with van der Waals surface area (Å²) in [5.74, 6) is 0.460. The number of anilines is 1. The van der Waals surface area contributed by atoms with Gasteiger partial charge in [-0.25, -0.2) is 0 Å². The topological polar surface area (TPSA) is 48.0 Å². The molecule has 0 aliphatic heterocycles. The van der Waals surface area contributed by atoms with Gasteiger partial charge < -0.3 is 5.73 Å². The fourth-order valence-electron chi connectivity index (χ4n) is 2.65. The molecule has 0 atom stereocenters. The van der Waals surface area contributed by atoms with Crippen molar-refractivity contribution in [3.8, 4) is 5.69 Å². The molecule has 0 saturated heterocycles. The van der Waals surface area contributed by atoms with E-state index in [4.69, 9.17) is 5.73 Å². The zero-order valence-electron chi connectivity index (χ0n) is 12.0. The molecule has 0 aliphatic rings. The van der Waals surface area contributed by atoms with Gasteiger partial charge >= 0.3 is 0 Å². The molecule has 2 aromatic carbocycles. The first kappa shape index (κ1) is 13.4. The van der Waals surface area contributed by atoms with Crippen LogP contribution < -0.4 is 11.3 Å². The summed E-state index contributed by atoms with van der Waals surface area (Å²) in [5.41, 5.74) is 8.08. The van der Waals surface area contributed by atoms with Gasteiger partial charge in [-0.2, -0.15) is 0 Å². The van der Waals surface area contributed by atoms with Crippen molar-refractivity contribution in [3.63, 3.8) is 0 Å². The Kier molecular flexibility index (Phi) is 3.48. The zero-order chi connectivity index (χ0) is 14.8. The van der Waals surface area contributed by atoms with Crippen LogP contribution in [0.3, 0.4) is 0 Å². The number of fused-ring (bicyclic) bond motifs is 1. The van der Waals surface area contributed by atoms with E-state index in [1.165, 1.54) is 5.56 Å². The van der Waals surface area contributed by atoms with Crippen molar-refractivity contribution in [2.75, 3.05) is 5.73 Å². The smallest absolute Gasteiger partial charge is 0.264 e. The van der Waals surface area contributed by atoms with Gasteiger partial charge in [0, 0.05) is 5.39 Å². The van der Waals surface area contributed by atoms with Gasteiger partial charge in [0.15, 0.2) is 0 Å². The molecule has 21 heavy (non-hydrogen) atoms. The van der Waals surface area contributed by atoms with E-state index in [9.17, 15) is 4.79 Å². The van der Waals surface area contributed by atoms with Crippen molar-refractivity contribution in [1.29, 1.82) is 0 Å². The summed E-state index contributed by atoms with van der Waals surface area (Å²) in [6.45, 7) is 2.15. The van der Waals surface area contributed by atoms with E-state index in [0.717, 1.165) is 23.9 Å². The van der Waals surface area contributed by atoms with E-state index in [0.29, 0.717) is 11.2 Å². The summed E-state index contributed by atoms with van der Waals surface area (Å²) in [6.07, 6.45) is 2.15. The third-order valence-electron chi connectivity index (χ3n) is 3.69. The fourth-order valence-corrected chi connectivity index (χ4v) is 2.65. The Bertz CT molecular complexity index is 832. The molecular weight excluding hydrogens is 260 g/mol. The number of rotatable bonds is 3. The molecule has 2 N–H and O–H groups in total. The molecule has 0 fully saturated rings. The highest BCUT2D eigenvalue weighted by atomic mass is 16.1. The van der Waals surface area contributed by atoms with Crippen LogP contribution in [0.15, 0.2) is 59.4 Å². The lowest BCUT2D eigenvalue weighted by Gasteiger charge is -2.12. The van der Waals surface area contributed by atoms with E-state index in [2.05, 4.69) is 19.1 Å². The molecule has 1 heterocycles. The van der Waals surface area contributed by atoms with Crippen molar-refractivity contribution in [2.45, 2.75) is 19.8 Å². The highest BCUT2D eigenvalue weighted by Gasteiger charge is 2.08. The van der Waals surface area contributed by atoms with E-state index >= 15 is 0 Å². The highest BCUT2D eigenvalue weighted by molar-refractivity contribution is 5.84. The van der Waals surface area contributed by atoms with Crippen LogP contribution in [0, 0.1) is 0 Å². The molecule has 1 aromatic heterocycles. The van der Waals surface area contributed by atoms with E-state index < -0.39 is 0 Å². The van der Waals surface area contributed by atoms with Crippen LogP contribution in [-0.4, -0.2) is 4.57 Å². The Morgan fingerprint density at radius 2 is 1.76 bits per heavy atom. The highest BCUT2D eigenvalue weighted by Crippen LogP contribution is 2.18. The molecule has 3 nitrogen and oxygen atoms in total. The van der Waals surface area contributed by atoms with Gasteiger partial charge in [-0.05, 0) is 41.6 Å². The second-order valence-electron chi connectivity index (χ2n) is 5.21. The summed E-state index contributed by atoms with van der Waals surface area (Å²) in [4.78, 5) is 12.6. The van der Waals surface area contributed by atoms with Crippen LogP contribution >= 0.6 is 0 Å². The van der Waals surface area contributed by atoms with Crippen LogP contribution in [0.1, 0.15) is 18.9 Å². The molecule has 0 aliphatic carbocycles.